The summed E-state index contributed by atoms with van der Waals surface area (Å²) in [5.41, 5.74) is 0. The first-order valence-corrected chi connectivity index (χ1v) is 5.71. The summed E-state index contributed by atoms with van der Waals surface area (Å²) >= 11 is 0. The Morgan fingerprint density at radius 3 is 2.62 bits per heavy atom. The predicted molar refractivity (Wildman–Crippen MR) is 59.3 cm³/mol. The Bertz CT molecular complexity index is 226. The average Bonchev–Trinajstić information content (AvgIpc) is 2.10. The normalized spacial score (nSPS) is 19.8. The van der Waals surface area contributed by atoms with E-state index in [-0.39, 0.29) is 18.4 Å². The minimum Gasteiger partial charge on any atom is -0.481 e. The quantitative estimate of drug-likeness (QED) is 0.654. The standard InChI is InChI=1S/C11H21NO4/c1-8(2)16-7-10(13)6-12-4-9(5-12)3-11(14)15/h8-10,13H,3-7H2,1-2H3,(H,14,15). The van der Waals surface area contributed by atoms with Gasteiger partial charge in [-0.3, -0.25) is 9.69 Å². The molecular weight excluding hydrogens is 210 g/mol. The van der Waals surface area contributed by atoms with Crippen molar-refractivity contribution >= 4 is 5.97 Å². The van der Waals surface area contributed by atoms with E-state index in [9.17, 15) is 9.90 Å². The smallest absolute Gasteiger partial charge is 0.303 e. The number of nitrogens with zero attached hydrogens (tertiary/aromatic N) is 1. The Morgan fingerprint density at radius 1 is 1.50 bits per heavy atom. The van der Waals surface area contributed by atoms with E-state index in [4.69, 9.17) is 9.84 Å². The second kappa shape index (κ2) is 6.18. The van der Waals surface area contributed by atoms with Gasteiger partial charge >= 0.3 is 5.97 Å². The molecule has 1 saturated heterocycles. The molecule has 0 aromatic rings. The van der Waals surface area contributed by atoms with E-state index in [0.29, 0.717) is 13.2 Å². The first-order chi connectivity index (χ1) is 7.47. The van der Waals surface area contributed by atoms with Crippen LogP contribution in [0.3, 0.4) is 0 Å². The monoisotopic (exact) mass is 231 g/mol. The molecule has 0 aromatic heterocycles. The lowest BCUT2D eigenvalue weighted by molar-refractivity contribution is -0.139. The van der Waals surface area contributed by atoms with Crippen LogP contribution < -0.4 is 0 Å². The SMILES string of the molecule is CC(C)OCC(O)CN1CC(CC(=O)O)C1. The number of aliphatic hydroxyl groups excluding tert-OH is 1. The molecule has 0 saturated carbocycles. The second-order valence-electron chi connectivity index (χ2n) is 4.72. The topological polar surface area (TPSA) is 70.0 Å². The van der Waals surface area contributed by atoms with Gasteiger partial charge in [0.25, 0.3) is 0 Å². The zero-order chi connectivity index (χ0) is 12.1. The molecule has 0 bridgehead atoms. The van der Waals surface area contributed by atoms with E-state index in [2.05, 4.69) is 4.90 Å². The number of hydrogen-bond acceptors (Lipinski definition) is 4. The minimum atomic E-state index is -0.742. The summed E-state index contributed by atoms with van der Waals surface area (Å²) in [6, 6.07) is 0. The van der Waals surface area contributed by atoms with Crippen molar-refractivity contribution in [1.29, 1.82) is 0 Å². The lowest BCUT2D eigenvalue weighted by Gasteiger charge is -2.39. The van der Waals surface area contributed by atoms with Crippen molar-refractivity contribution in [2.45, 2.75) is 32.5 Å². The summed E-state index contributed by atoms with van der Waals surface area (Å²) < 4.78 is 5.29. The molecule has 0 spiro atoms. The van der Waals surface area contributed by atoms with Crippen molar-refractivity contribution in [2.24, 2.45) is 5.92 Å². The van der Waals surface area contributed by atoms with E-state index in [1.165, 1.54) is 0 Å². The van der Waals surface area contributed by atoms with Gasteiger partial charge in [-0.1, -0.05) is 0 Å². The van der Waals surface area contributed by atoms with Crippen molar-refractivity contribution < 1.29 is 19.7 Å². The summed E-state index contributed by atoms with van der Waals surface area (Å²) in [4.78, 5) is 12.5. The predicted octanol–water partition coefficient (Wildman–Crippen LogP) is 0.179. The van der Waals surface area contributed by atoms with Crippen molar-refractivity contribution in [3.8, 4) is 0 Å². The Morgan fingerprint density at radius 2 is 2.12 bits per heavy atom. The zero-order valence-corrected chi connectivity index (χ0v) is 9.93. The number of carboxylic acids is 1. The summed E-state index contributed by atoms with van der Waals surface area (Å²) in [5, 5.41) is 18.2. The van der Waals surface area contributed by atoms with Crippen LogP contribution in [0.1, 0.15) is 20.3 Å². The number of aliphatic carboxylic acids is 1. The number of hydrogen-bond donors (Lipinski definition) is 2. The van der Waals surface area contributed by atoms with Crippen molar-refractivity contribution in [3.63, 3.8) is 0 Å². The fourth-order valence-corrected chi connectivity index (χ4v) is 1.86. The van der Waals surface area contributed by atoms with Crippen LogP contribution in [0.2, 0.25) is 0 Å². The molecule has 0 aromatic carbocycles. The molecule has 1 rings (SSSR count). The largest absolute Gasteiger partial charge is 0.481 e. The Labute approximate surface area is 96.0 Å². The van der Waals surface area contributed by atoms with Gasteiger partial charge in [-0.15, -0.1) is 0 Å². The lowest BCUT2D eigenvalue weighted by atomic mass is 9.96. The van der Waals surface area contributed by atoms with Crippen molar-refractivity contribution in [1.82, 2.24) is 4.90 Å². The minimum absolute atomic E-state index is 0.130. The number of aliphatic hydroxyl groups is 1. The Hall–Kier alpha value is -0.650. The summed E-state index contributed by atoms with van der Waals surface area (Å²) in [6.07, 6.45) is -0.117. The van der Waals surface area contributed by atoms with Gasteiger partial charge < -0.3 is 14.9 Å². The third-order valence-corrected chi connectivity index (χ3v) is 2.59. The molecule has 5 nitrogen and oxygen atoms in total. The van der Waals surface area contributed by atoms with Gasteiger partial charge in [0.05, 0.1) is 25.2 Å². The molecule has 0 amide bonds. The Kier molecular flexibility index (Phi) is 5.18. The molecule has 94 valence electrons. The van der Waals surface area contributed by atoms with Crippen LogP contribution in [-0.4, -0.2) is 59.5 Å². The van der Waals surface area contributed by atoms with E-state index < -0.39 is 12.1 Å². The van der Waals surface area contributed by atoms with Crippen LogP contribution in [0.15, 0.2) is 0 Å². The number of β-amino-alcohol motifs (C(OH)–C–C–N with tert-alkyl or cyclic N) is 1. The van der Waals surface area contributed by atoms with Crippen LogP contribution in [0.4, 0.5) is 0 Å². The molecule has 2 N–H and O–H groups in total. The number of carboxylic acid groups (broad SMARTS) is 1. The second-order valence-corrected chi connectivity index (χ2v) is 4.72. The van der Waals surface area contributed by atoms with Gasteiger partial charge in [0.2, 0.25) is 0 Å². The highest BCUT2D eigenvalue weighted by molar-refractivity contribution is 5.67. The van der Waals surface area contributed by atoms with E-state index in [1.807, 2.05) is 13.8 Å². The highest BCUT2D eigenvalue weighted by atomic mass is 16.5. The van der Waals surface area contributed by atoms with Crippen molar-refractivity contribution in [2.75, 3.05) is 26.2 Å². The molecule has 1 heterocycles. The summed E-state index contributed by atoms with van der Waals surface area (Å²) in [6.45, 7) is 6.31. The number of ether oxygens (including phenoxy) is 1. The molecular formula is C11H21NO4. The fraction of sp³-hybridized carbons (Fsp3) is 0.909. The molecule has 16 heavy (non-hydrogen) atoms. The Balaban J connectivity index is 2.05. The molecule has 5 heteroatoms. The van der Waals surface area contributed by atoms with Crippen LogP contribution in [0.5, 0.6) is 0 Å². The van der Waals surface area contributed by atoms with Crippen LogP contribution in [0, 0.1) is 5.92 Å². The van der Waals surface area contributed by atoms with E-state index in [1.54, 1.807) is 0 Å². The van der Waals surface area contributed by atoms with Gasteiger partial charge in [0.1, 0.15) is 0 Å². The number of carbonyl (C=O) groups is 1. The summed E-state index contributed by atoms with van der Waals surface area (Å²) in [5.74, 6) is -0.496. The molecule has 0 radical (unpaired) electrons. The van der Waals surface area contributed by atoms with Crippen LogP contribution in [0.25, 0.3) is 0 Å². The van der Waals surface area contributed by atoms with E-state index >= 15 is 0 Å². The number of rotatable bonds is 7. The van der Waals surface area contributed by atoms with Gasteiger partial charge in [-0.05, 0) is 19.8 Å². The molecule has 1 atom stereocenters. The van der Waals surface area contributed by atoms with Crippen molar-refractivity contribution in [3.05, 3.63) is 0 Å². The summed E-state index contributed by atoms with van der Waals surface area (Å²) in [7, 11) is 0. The number of likely N-dealkylation sites (tertiary alicyclic amines) is 1. The highest BCUT2D eigenvalue weighted by Gasteiger charge is 2.29. The van der Waals surface area contributed by atoms with E-state index in [0.717, 1.165) is 13.1 Å². The van der Waals surface area contributed by atoms with Crippen LogP contribution in [-0.2, 0) is 9.53 Å². The zero-order valence-electron chi connectivity index (χ0n) is 9.93. The maximum absolute atomic E-state index is 10.4. The third-order valence-electron chi connectivity index (χ3n) is 2.59. The van der Waals surface area contributed by atoms with Gasteiger partial charge in [0, 0.05) is 19.6 Å². The fourth-order valence-electron chi connectivity index (χ4n) is 1.86. The molecule has 0 aliphatic carbocycles. The molecule has 1 fully saturated rings. The van der Waals surface area contributed by atoms with Gasteiger partial charge in [-0.2, -0.15) is 0 Å². The first-order valence-electron chi connectivity index (χ1n) is 5.71. The van der Waals surface area contributed by atoms with Crippen LogP contribution >= 0.6 is 0 Å². The maximum Gasteiger partial charge on any atom is 0.303 e. The highest BCUT2D eigenvalue weighted by Crippen LogP contribution is 2.18. The third kappa shape index (κ3) is 4.92. The maximum atomic E-state index is 10.4. The van der Waals surface area contributed by atoms with Gasteiger partial charge in [0.15, 0.2) is 0 Å². The molecule has 1 aliphatic rings. The average molecular weight is 231 g/mol. The molecule has 1 aliphatic heterocycles. The molecule has 1 unspecified atom stereocenters. The van der Waals surface area contributed by atoms with Gasteiger partial charge in [-0.25, -0.2) is 0 Å². The first kappa shape index (κ1) is 13.4. The lowest BCUT2D eigenvalue weighted by Crippen LogP contribution is -2.50.